The van der Waals surface area contributed by atoms with Gasteiger partial charge in [0.05, 0.1) is 0 Å². The lowest BCUT2D eigenvalue weighted by molar-refractivity contribution is -0.119. The van der Waals surface area contributed by atoms with Gasteiger partial charge in [-0.3, -0.25) is 24.6 Å². The highest BCUT2D eigenvalue weighted by molar-refractivity contribution is 7.85. The van der Waals surface area contributed by atoms with Crippen LogP contribution in [-0.2, 0) is 15.6 Å². The predicted octanol–water partition coefficient (Wildman–Crippen LogP) is 2.05. The van der Waals surface area contributed by atoms with Crippen molar-refractivity contribution in [2.45, 2.75) is 0 Å². The molecular weight excluding hydrogens is 343 g/mol. The molecule has 1 atom stereocenters. The molecule has 5 nitrogen and oxygen atoms in total. The Morgan fingerprint density at radius 2 is 1.68 bits per heavy atom. The van der Waals surface area contributed by atoms with Crippen LogP contribution in [0.15, 0.2) is 60.7 Å². The van der Waals surface area contributed by atoms with Crippen LogP contribution in [0.1, 0.15) is 15.9 Å². The molecule has 2 N–H and O–H groups in total. The van der Waals surface area contributed by atoms with Crippen LogP contribution in [0.2, 0.25) is 0 Å². The Labute approximate surface area is 147 Å². The number of hydrogen-bond donors (Lipinski definition) is 2. The van der Waals surface area contributed by atoms with Crippen LogP contribution in [0.4, 0.5) is 4.39 Å². The molecule has 7 heteroatoms. The number of rotatable bonds is 6. The van der Waals surface area contributed by atoms with E-state index < -0.39 is 28.4 Å². The maximum absolute atomic E-state index is 12.8. The normalized spacial score (nSPS) is 11.9. The van der Waals surface area contributed by atoms with Crippen LogP contribution in [0.25, 0.3) is 6.08 Å². The molecule has 0 fully saturated rings. The zero-order chi connectivity index (χ0) is 18.1. The molecule has 0 saturated heterocycles. The zero-order valence-corrected chi connectivity index (χ0v) is 14.1. The monoisotopic (exact) mass is 360 g/mol. The Balaban J connectivity index is 1.72. The highest BCUT2D eigenvalue weighted by Crippen LogP contribution is 2.02. The SMILES string of the molecule is O=C(C[S@@](=O)C/C=C\c1ccccc1)NNC(=O)c1ccc(F)cc1. The quantitative estimate of drug-likeness (QED) is 0.774. The van der Waals surface area contributed by atoms with Crippen molar-refractivity contribution < 1.29 is 18.2 Å². The lowest BCUT2D eigenvalue weighted by atomic mass is 10.2. The maximum atomic E-state index is 12.8. The molecule has 130 valence electrons. The predicted molar refractivity (Wildman–Crippen MR) is 95.4 cm³/mol. The van der Waals surface area contributed by atoms with Crippen LogP contribution in [-0.4, -0.2) is 27.5 Å². The first-order valence-corrected chi connectivity index (χ1v) is 8.95. The Bertz CT molecular complexity index is 777. The number of hydrogen-bond acceptors (Lipinski definition) is 3. The molecule has 0 heterocycles. The van der Waals surface area contributed by atoms with Gasteiger partial charge in [-0.05, 0) is 29.8 Å². The molecule has 0 saturated carbocycles. The van der Waals surface area contributed by atoms with Gasteiger partial charge < -0.3 is 0 Å². The van der Waals surface area contributed by atoms with Crippen molar-refractivity contribution in [1.82, 2.24) is 10.9 Å². The summed E-state index contributed by atoms with van der Waals surface area (Å²) in [5, 5.41) is 0. The average Bonchev–Trinajstić information content (AvgIpc) is 2.61. The molecule has 0 unspecified atom stereocenters. The summed E-state index contributed by atoms with van der Waals surface area (Å²) in [5.41, 5.74) is 5.56. The number of hydrazine groups is 1. The smallest absolute Gasteiger partial charge is 0.269 e. The van der Waals surface area contributed by atoms with Crippen LogP contribution in [0.3, 0.4) is 0 Å². The number of carbonyl (C=O) groups is 2. The number of halogens is 1. The summed E-state index contributed by atoms with van der Waals surface area (Å²) in [6.07, 6.45) is 3.56. The summed E-state index contributed by atoms with van der Waals surface area (Å²) in [7, 11) is -1.39. The first kappa shape index (κ1) is 18.5. The van der Waals surface area contributed by atoms with Gasteiger partial charge in [-0.1, -0.05) is 42.5 Å². The molecule has 0 aliphatic heterocycles. The fraction of sp³-hybridized carbons (Fsp3) is 0.111. The van der Waals surface area contributed by atoms with Crippen molar-refractivity contribution in [3.8, 4) is 0 Å². The lowest BCUT2D eigenvalue weighted by Crippen LogP contribution is -2.43. The minimum atomic E-state index is -1.39. The summed E-state index contributed by atoms with van der Waals surface area (Å²) in [6, 6.07) is 14.4. The molecule has 0 aromatic heterocycles. The number of carbonyl (C=O) groups excluding carboxylic acids is 2. The summed E-state index contributed by atoms with van der Waals surface area (Å²) >= 11 is 0. The van der Waals surface area contributed by atoms with Crippen molar-refractivity contribution >= 4 is 28.7 Å². The first-order valence-electron chi connectivity index (χ1n) is 7.46. The molecule has 25 heavy (non-hydrogen) atoms. The Morgan fingerprint density at radius 3 is 2.36 bits per heavy atom. The minimum absolute atomic E-state index is 0.202. The van der Waals surface area contributed by atoms with E-state index in [1.807, 2.05) is 36.4 Å². The van der Waals surface area contributed by atoms with Gasteiger partial charge in [0.1, 0.15) is 11.6 Å². The first-order chi connectivity index (χ1) is 12.0. The van der Waals surface area contributed by atoms with Gasteiger partial charge >= 0.3 is 0 Å². The molecule has 2 amide bonds. The van der Waals surface area contributed by atoms with Gasteiger partial charge in [0.2, 0.25) is 0 Å². The van der Waals surface area contributed by atoms with E-state index in [2.05, 4.69) is 10.9 Å². The third kappa shape index (κ3) is 6.68. The maximum Gasteiger partial charge on any atom is 0.269 e. The van der Waals surface area contributed by atoms with E-state index in [-0.39, 0.29) is 17.1 Å². The summed E-state index contributed by atoms with van der Waals surface area (Å²) in [5.74, 6) is -1.61. The fourth-order valence-corrected chi connectivity index (χ4v) is 2.69. The van der Waals surface area contributed by atoms with Crippen LogP contribution in [0.5, 0.6) is 0 Å². The van der Waals surface area contributed by atoms with E-state index in [1.54, 1.807) is 6.08 Å². The van der Waals surface area contributed by atoms with Gasteiger partial charge in [0.25, 0.3) is 11.8 Å². The van der Waals surface area contributed by atoms with Gasteiger partial charge in [0, 0.05) is 22.1 Å². The van der Waals surface area contributed by atoms with E-state index in [9.17, 15) is 18.2 Å². The standard InChI is InChI=1S/C18H17FN2O3S/c19-16-10-8-15(9-11-16)18(23)21-20-17(22)13-25(24)12-4-7-14-5-2-1-3-6-14/h1-11H,12-13H2,(H,20,22)(H,21,23)/b7-4-/t25-/m0/s1. The highest BCUT2D eigenvalue weighted by atomic mass is 32.2. The minimum Gasteiger partial charge on any atom is -0.272 e. The molecule has 2 aromatic carbocycles. The number of benzene rings is 2. The van der Waals surface area contributed by atoms with Crippen LogP contribution < -0.4 is 10.9 Å². The van der Waals surface area contributed by atoms with E-state index >= 15 is 0 Å². The van der Waals surface area contributed by atoms with Crippen molar-refractivity contribution in [3.63, 3.8) is 0 Å². The van der Waals surface area contributed by atoms with E-state index in [0.717, 1.165) is 17.7 Å². The summed E-state index contributed by atoms with van der Waals surface area (Å²) in [4.78, 5) is 23.4. The average molecular weight is 360 g/mol. The third-order valence-corrected chi connectivity index (χ3v) is 4.25. The van der Waals surface area contributed by atoms with E-state index in [0.29, 0.717) is 0 Å². The number of amides is 2. The molecule has 0 aliphatic carbocycles. The highest BCUT2D eigenvalue weighted by Gasteiger charge is 2.09. The summed E-state index contributed by atoms with van der Waals surface area (Å²) < 4.78 is 24.6. The molecule has 2 rings (SSSR count). The third-order valence-electron chi connectivity index (χ3n) is 3.11. The Morgan fingerprint density at radius 1 is 1.00 bits per heavy atom. The summed E-state index contributed by atoms with van der Waals surface area (Å²) in [6.45, 7) is 0. The van der Waals surface area contributed by atoms with Crippen molar-refractivity contribution in [2.75, 3.05) is 11.5 Å². The van der Waals surface area contributed by atoms with Crippen molar-refractivity contribution in [1.29, 1.82) is 0 Å². The van der Waals surface area contributed by atoms with E-state index in [1.165, 1.54) is 12.1 Å². The lowest BCUT2D eigenvalue weighted by Gasteiger charge is -2.07. The number of nitrogens with one attached hydrogen (secondary N) is 2. The second-order valence-electron chi connectivity index (χ2n) is 5.07. The largest absolute Gasteiger partial charge is 0.272 e. The Hall–Kier alpha value is -2.80. The van der Waals surface area contributed by atoms with Crippen LogP contribution >= 0.6 is 0 Å². The molecular formula is C18H17FN2O3S. The second kappa shape index (κ2) is 9.48. The topological polar surface area (TPSA) is 75.3 Å². The zero-order valence-electron chi connectivity index (χ0n) is 13.3. The van der Waals surface area contributed by atoms with Gasteiger partial charge in [-0.2, -0.15) is 0 Å². The van der Waals surface area contributed by atoms with Gasteiger partial charge in [0.15, 0.2) is 0 Å². The molecule has 2 aromatic rings. The van der Waals surface area contributed by atoms with Crippen molar-refractivity contribution in [2.24, 2.45) is 0 Å². The molecule has 0 radical (unpaired) electrons. The van der Waals surface area contributed by atoms with Crippen molar-refractivity contribution in [3.05, 3.63) is 77.6 Å². The fourth-order valence-electron chi connectivity index (χ4n) is 1.90. The molecule has 0 spiro atoms. The second-order valence-corrected chi connectivity index (χ2v) is 6.57. The van der Waals surface area contributed by atoms with E-state index in [4.69, 9.17) is 0 Å². The van der Waals surface area contributed by atoms with Gasteiger partial charge in [-0.15, -0.1) is 0 Å². The Kier molecular flexibility index (Phi) is 7.03. The molecule has 0 bridgehead atoms. The van der Waals surface area contributed by atoms with Gasteiger partial charge in [-0.25, -0.2) is 4.39 Å². The van der Waals surface area contributed by atoms with Crippen LogP contribution in [0, 0.1) is 5.82 Å². The molecule has 0 aliphatic rings.